The van der Waals surface area contributed by atoms with E-state index in [1.807, 2.05) is 18.2 Å². The molecule has 0 radical (unpaired) electrons. The van der Waals surface area contributed by atoms with Gasteiger partial charge in [0.2, 0.25) is 0 Å². The van der Waals surface area contributed by atoms with E-state index >= 15 is 0 Å². The van der Waals surface area contributed by atoms with Crippen molar-refractivity contribution in [2.24, 2.45) is 0 Å². The molecule has 0 amide bonds. The summed E-state index contributed by atoms with van der Waals surface area (Å²) in [7, 11) is 1.56. The van der Waals surface area contributed by atoms with E-state index in [1.165, 1.54) is 6.07 Å². The molecule has 3 rings (SSSR count). The zero-order valence-electron chi connectivity index (χ0n) is 13.8. The second-order valence-electron chi connectivity index (χ2n) is 5.47. The number of halogens is 2. The van der Waals surface area contributed by atoms with E-state index in [9.17, 15) is 4.79 Å². The lowest BCUT2D eigenvalue weighted by atomic mass is 10.1. The second-order valence-corrected chi connectivity index (χ2v) is 6.28. The van der Waals surface area contributed by atoms with Gasteiger partial charge in [0.25, 0.3) is 0 Å². The van der Waals surface area contributed by atoms with Crippen molar-refractivity contribution < 1.29 is 19.1 Å². The van der Waals surface area contributed by atoms with E-state index in [0.29, 0.717) is 34.5 Å². The van der Waals surface area contributed by atoms with Crippen molar-refractivity contribution in [3.63, 3.8) is 0 Å². The monoisotopic (exact) mass is 391 g/mol. The van der Waals surface area contributed by atoms with Crippen molar-refractivity contribution in [3.05, 3.63) is 69.9 Å². The number of carbonyl (C=O) groups is 1. The highest BCUT2D eigenvalue weighted by Crippen LogP contribution is 2.31. The summed E-state index contributed by atoms with van der Waals surface area (Å²) in [5.41, 5.74) is 1.52. The third kappa shape index (κ3) is 3.95. The Balaban J connectivity index is 1.72. The predicted molar refractivity (Wildman–Crippen MR) is 101 cm³/mol. The Morgan fingerprint density at radius 3 is 2.62 bits per heavy atom. The van der Waals surface area contributed by atoms with Gasteiger partial charge in [-0.25, -0.2) is 4.79 Å². The molecule has 2 aromatic carbocycles. The number of furan rings is 1. The first-order chi connectivity index (χ1) is 12.5. The highest BCUT2D eigenvalue weighted by molar-refractivity contribution is 6.33. The Hall–Kier alpha value is -2.63. The maximum Gasteiger partial charge on any atom is 0.337 e. The molecule has 0 saturated carbocycles. The number of hydrogen-bond donors (Lipinski definition) is 2. The molecule has 0 spiro atoms. The summed E-state index contributed by atoms with van der Waals surface area (Å²) < 4.78 is 11.0. The lowest BCUT2D eigenvalue weighted by Crippen LogP contribution is -2.02. The lowest BCUT2D eigenvalue weighted by Gasteiger charge is -2.07. The van der Waals surface area contributed by atoms with Crippen LogP contribution in [0.5, 0.6) is 5.75 Å². The maximum absolute atomic E-state index is 11.1. The molecule has 3 aromatic rings. The first-order valence-corrected chi connectivity index (χ1v) is 8.43. The predicted octanol–water partition coefficient (Wildman–Crippen LogP) is 5.57. The number of anilines is 1. The standard InChI is InChI=1S/C19H15Cl2NO4/c1-25-18-6-2-11(8-16(18)21)17-7-4-13(26-17)10-22-12-3-5-15(20)14(9-12)19(23)24/h2-9,22H,10H2,1H3,(H,23,24). The minimum atomic E-state index is -1.07. The third-order valence-corrected chi connectivity index (χ3v) is 4.39. The maximum atomic E-state index is 11.1. The molecule has 0 aliphatic heterocycles. The summed E-state index contributed by atoms with van der Waals surface area (Å²) >= 11 is 12.0. The van der Waals surface area contributed by atoms with Crippen LogP contribution in [0.15, 0.2) is 52.9 Å². The Morgan fingerprint density at radius 1 is 1.12 bits per heavy atom. The highest BCUT2D eigenvalue weighted by atomic mass is 35.5. The van der Waals surface area contributed by atoms with Crippen LogP contribution in [0.4, 0.5) is 5.69 Å². The van der Waals surface area contributed by atoms with E-state index < -0.39 is 5.97 Å². The molecule has 5 nitrogen and oxygen atoms in total. The fraction of sp³-hybridized carbons (Fsp3) is 0.105. The van der Waals surface area contributed by atoms with Crippen LogP contribution in [0.3, 0.4) is 0 Å². The average molecular weight is 392 g/mol. The van der Waals surface area contributed by atoms with Gasteiger partial charge in [-0.05, 0) is 48.5 Å². The second kappa shape index (κ2) is 7.72. The molecule has 0 atom stereocenters. The number of hydrogen-bond acceptors (Lipinski definition) is 4. The van der Waals surface area contributed by atoms with Gasteiger partial charge < -0.3 is 19.6 Å². The number of benzene rings is 2. The molecule has 0 saturated heterocycles. The number of nitrogens with one attached hydrogen (secondary N) is 1. The average Bonchev–Trinajstić information content (AvgIpc) is 3.09. The number of rotatable bonds is 6. The first-order valence-electron chi connectivity index (χ1n) is 7.67. The number of aromatic carboxylic acids is 1. The molecule has 0 aliphatic rings. The molecule has 1 aromatic heterocycles. The van der Waals surface area contributed by atoms with Gasteiger partial charge in [0.15, 0.2) is 0 Å². The molecule has 26 heavy (non-hydrogen) atoms. The van der Waals surface area contributed by atoms with Gasteiger partial charge in [-0.3, -0.25) is 0 Å². The van der Waals surface area contributed by atoms with Crippen LogP contribution in [-0.2, 0) is 6.54 Å². The summed E-state index contributed by atoms with van der Waals surface area (Å²) in [5, 5.41) is 12.9. The van der Waals surface area contributed by atoms with E-state index in [-0.39, 0.29) is 10.6 Å². The molecule has 1 heterocycles. The Morgan fingerprint density at radius 2 is 1.92 bits per heavy atom. The molecule has 134 valence electrons. The van der Waals surface area contributed by atoms with Crippen LogP contribution in [-0.4, -0.2) is 18.2 Å². The summed E-state index contributed by atoms with van der Waals surface area (Å²) in [5.74, 6) is 0.892. The van der Waals surface area contributed by atoms with Gasteiger partial charge in [-0.2, -0.15) is 0 Å². The van der Waals surface area contributed by atoms with Gasteiger partial charge in [-0.1, -0.05) is 23.2 Å². The van der Waals surface area contributed by atoms with Crippen molar-refractivity contribution in [1.82, 2.24) is 0 Å². The fourth-order valence-corrected chi connectivity index (χ4v) is 2.89. The zero-order valence-corrected chi connectivity index (χ0v) is 15.3. The normalized spacial score (nSPS) is 10.6. The van der Waals surface area contributed by atoms with Crippen LogP contribution < -0.4 is 10.1 Å². The van der Waals surface area contributed by atoms with Crippen LogP contribution in [0.25, 0.3) is 11.3 Å². The summed E-state index contributed by atoms with van der Waals surface area (Å²) in [6, 6.07) is 13.8. The minimum absolute atomic E-state index is 0.0460. The van der Waals surface area contributed by atoms with E-state index in [0.717, 1.165) is 5.56 Å². The molecule has 0 fully saturated rings. The first kappa shape index (κ1) is 18.2. The molecular formula is C19H15Cl2NO4. The van der Waals surface area contributed by atoms with Crippen molar-refractivity contribution >= 4 is 34.9 Å². The Kier molecular flexibility index (Phi) is 5.40. The molecular weight excluding hydrogens is 377 g/mol. The number of methoxy groups -OCH3 is 1. The van der Waals surface area contributed by atoms with Crippen LogP contribution in [0.1, 0.15) is 16.1 Å². The Labute approximate surface area is 160 Å². The van der Waals surface area contributed by atoms with Crippen molar-refractivity contribution in [2.75, 3.05) is 12.4 Å². The van der Waals surface area contributed by atoms with Crippen LogP contribution in [0, 0.1) is 0 Å². The third-order valence-electron chi connectivity index (χ3n) is 3.76. The number of carboxylic acids is 1. The zero-order chi connectivity index (χ0) is 18.7. The van der Waals surface area contributed by atoms with Gasteiger partial charge in [0.05, 0.1) is 29.3 Å². The van der Waals surface area contributed by atoms with E-state index in [1.54, 1.807) is 31.4 Å². The molecule has 0 unspecified atom stereocenters. The van der Waals surface area contributed by atoms with Gasteiger partial charge in [0.1, 0.15) is 17.3 Å². The van der Waals surface area contributed by atoms with Crippen LogP contribution in [0.2, 0.25) is 10.0 Å². The van der Waals surface area contributed by atoms with Crippen molar-refractivity contribution in [1.29, 1.82) is 0 Å². The molecule has 0 bridgehead atoms. The Bertz CT molecular complexity index is 952. The summed E-state index contributed by atoms with van der Waals surface area (Å²) in [6.45, 7) is 0.393. The van der Waals surface area contributed by atoms with E-state index in [4.69, 9.17) is 37.5 Å². The van der Waals surface area contributed by atoms with Crippen molar-refractivity contribution in [3.8, 4) is 17.1 Å². The highest BCUT2D eigenvalue weighted by Gasteiger charge is 2.11. The van der Waals surface area contributed by atoms with Gasteiger partial charge >= 0.3 is 5.97 Å². The fourth-order valence-electron chi connectivity index (χ4n) is 2.44. The molecule has 2 N–H and O–H groups in total. The largest absolute Gasteiger partial charge is 0.495 e. The van der Waals surface area contributed by atoms with Gasteiger partial charge in [0, 0.05) is 11.3 Å². The smallest absolute Gasteiger partial charge is 0.337 e. The summed E-state index contributed by atoms with van der Waals surface area (Å²) in [4.78, 5) is 11.1. The SMILES string of the molecule is COc1ccc(-c2ccc(CNc3ccc(Cl)c(C(=O)O)c3)o2)cc1Cl. The molecule has 0 aliphatic carbocycles. The van der Waals surface area contributed by atoms with Crippen molar-refractivity contribution in [2.45, 2.75) is 6.54 Å². The topological polar surface area (TPSA) is 71.7 Å². The lowest BCUT2D eigenvalue weighted by molar-refractivity contribution is 0.0697. The molecule has 7 heteroatoms. The van der Waals surface area contributed by atoms with E-state index in [2.05, 4.69) is 5.32 Å². The van der Waals surface area contributed by atoms with Crippen LogP contribution >= 0.6 is 23.2 Å². The van der Waals surface area contributed by atoms with Gasteiger partial charge in [-0.15, -0.1) is 0 Å². The number of carboxylic acid groups (broad SMARTS) is 1. The number of ether oxygens (including phenoxy) is 1. The minimum Gasteiger partial charge on any atom is -0.495 e. The quantitative estimate of drug-likeness (QED) is 0.574. The summed E-state index contributed by atoms with van der Waals surface area (Å²) in [6.07, 6.45) is 0.